The van der Waals surface area contributed by atoms with Crippen LogP contribution in [0.1, 0.15) is 12.5 Å². The van der Waals surface area contributed by atoms with Crippen LogP contribution in [-0.4, -0.2) is 9.78 Å². The van der Waals surface area contributed by atoms with Crippen molar-refractivity contribution in [3.8, 4) is 11.3 Å². The fraction of sp³-hybridized carbons (Fsp3) is 0.250. The van der Waals surface area contributed by atoms with Crippen molar-refractivity contribution >= 4 is 5.69 Å². The van der Waals surface area contributed by atoms with Crippen LogP contribution in [0.3, 0.4) is 0 Å². The molecule has 0 amide bonds. The molecule has 18 heavy (non-hydrogen) atoms. The average Bonchev–Trinajstić information content (AvgIpc) is 2.75. The van der Waals surface area contributed by atoms with E-state index in [2.05, 4.69) is 5.10 Å². The number of anilines is 1. The fourth-order valence-corrected chi connectivity index (χ4v) is 1.83. The summed E-state index contributed by atoms with van der Waals surface area (Å²) < 4.78 is 40.4. The van der Waals surface area contributed by atoms with E-state index in [0.29, 0.717) is 12.2 Å². The summed E-state index contributed by atoms with van der Waals surface area (Å²) in [5, 5.41) is 3.97. The van der Waals surface area contributed by atoms with E-state index in [1.54, 1.807) is 6.07 Å². The fourth-order valence-electron chi connectivity index (χ4n) is 1.83. The standard InChI is InChI=1S/C12H12F3N3/c1-2-18-11(5-6-17-18)9-4-3-8(16)7-10(9)12(13,14)15/h3-7H,2,16H2,1H3. The third-order valence-electron chi connectivity index (χ3n) is 2.64. The molecule has 3 nitrogen and oxygen atoms in total. The van der Waals surface area contributed by atoms with E-state index in [0.717, 1.165) is 6.07 Å². The number of nitrogens with two attached hydrogens (primary N) is 1. The molecule has 0 fully saturated rings. The van der Waals surface area contributed by atoms with Crippen LogP contribution in [0, 0.1) is 0 Å². The van der Waals surface area contributed by atoms with Crippen LogP contribution in [0.25, 0.3) is 11.3 Å². The molecule has 2 rings (SSSR count). The zero-order valence-electron chi connectivity index (χ0n) is 9.70. The molecule has 1 aromatic carbocycles. The molecule has 1 heterocycles. The molecule has 0 bridgehead atoms. The lowest BCUT2D eigenvalue weighted by atomic mass is 10.0. The lowest BCUT2D eigenvalue weighted by molar-refractivity contribution is -0.137. The van der Waals surface area contributed by atoms with E-state index in [-0.39, 0.29) is 11.3 Å². The summed E-state index contributed by atoms with van der Waals surface area (Å²) in [6.07, 6.45) is -2.96. The topological polar surface area (TPSA) is 43.8 Å². The SMILES string of the molecule is CCn1nccc1-c1ccc(N)cc1C(F)(F)F. The second-order valence-corrected chi connectivity index (χ2v) is 3.83. The molecule has 0 saturated carbocycles. The Bertz CT molecular complexity index is 558. The minimum Gasteiger partial charge on any atom is -0.399 e. The van der Waals surface area contributed by atoms with Gasteiger partial charge in [-0.25, -0.2) is 0 Å². The van der Waals surface area contributed by atoms with Crippen molar-refractivity contribution in [2.45, 2.75) is 19.6 Å². The number of rotatable bonds is 2. The van der Waals surface area contributed by atoms with E-state index in [9.17, 15) is 13.2 Å². The molecule has 0 saturated heterocycles. The van der Waals surface area contributed by atoms with Gasteiger partial charge in [0.05, 0.1) is 11.3 Å². The van der Waals surface area contributed by atoms with Crippen molar-refractivity contribution in [3.63, 3.8) is 0 Å². The van der Waals surface area contributed by atoms with Gasteiger partial charge in [-0.05, 0) is 25.1 Å². The van der Waals surface area contributed by atoms with Crippen LogP contribution in [0.4, 0.5) is 18.9 Å². The van der Waals surface area contributed by atoms with Gasteiger partial charge < -0.3 is 5.73 Å². The maximum Gasteiger partial charge on any atom is 0.417 e. The van der Waals surface area contributed by atoms with Crippen LogP contribution in [-0.2, 0) is 12.7 Å². The van der Waals surface area contributed by atoms with E-state index in [4.69, 9.17) is 5.73 Å². The molecule has 0 unspecified atom stereocenters. The first kappa shape index (κ1) is 12.5. The Morgan fingerprint density at radius 2 is 2.00 bits per heavy atom. The zero-order valence-corrected chi connectivity index (χ0v) is 9.70. The number of benzene rings is 1. The second kappa shape index (κ2) is 4.36. The normalized spacial score (nSPS) is 11.8. The van der Waals surface area contributed by atoms with E-state index < -0.39 is 11.7 Å². The molecule has 0 spiro atoms. The third kappa shape index (κ3) is 2.18. The van der Waals surface area contributed by atoms with Crippen LogP contribution in [0.5, 0.6) is 0 Å². The molecule has 0 aliphatic heterocycles. The van der Waals surface area contributed by atoms with Gasteiger partial charge in [-0.1, -0.05) is 6.07 Å². The Morgan fingerprint density at radius 1 is 1.28 bits per heavy atom. The van der Waals surface area contributed by atoms with Gasteiger partial charge in [0.1, 0.15) is 0 Å². The van der Waals surface area contributed by atoms with Gasteiger partial charge in [0.2, 0.25) is 0 Å². The van der Waals surface area contributed by atoms with Gasteiger partial charge in [-0.15, -0.1) is 0 Å². The van der Waals surface area contributed by atoms with Gasteiger partial charge in [0.25, 0.3) is 0 Å². The summed E-state index contributed by atoms with van der Waals surface area (Å²) in [4.78, 5) is 0. The predicted octanol–water partition coefficient (Wildman–Crippen LogP) is 3.17. The second-order valence-electron chi connectivity index (χ2n) is 3.83. The number of halogens is 3. The molecule has 0 aliphatic rings. The largest absolute Gasteiger partial charge is 0.417 e. The molecule has 0 atom stereocenters. The molecule has 0 aliphatic carbocycles. The Labute approximate surface area is 102 Å². The van der Waals surface area contributed by atoms with Crippen molar-refractivity contribution in [2.75, 3.05) is 5.73 Å². The molecule has 1 aromatic heterocycles. The lowest BCUT2D eigenvalue weighted by Gasteiger charge is -2.14. The minimum atomic E-state index is -4.44. The van der Waals surface area contributed by atoms with Crippen molar-refractivity contribution in [1.29, 1.82) is 0 Å². The monoisotopic (exact) mass is 255 g/mol. The number of alkyl halides is 3. The van der Waals surface area contributed by atoms with Gasteiger partial charge >= 0.3 is 6.18 Å². The van der Waals surface area contributed by atoms with E-state index in [1.807, 2.05) is 6.92 Å². The predicted molar refractivity (Wildman–Crippen MR) is 62.8 cm³/mol. The van der Waals surface area contributed by atoms with Crippen molar-refractivity contribution < 1.29 is 13.2 Å². The first-order valence-electron chi connectivity index (χ1n) is 5.42. The average molecular weight is 255 g/mol. The molecule has 6 heteroatoms. The highest BCUT2D eigenvalue weighted by atomic mass is 19.4. The van der Waals surface area contributed by atoms with Gasteiger partial charge in [-0.2, -0.15) is 18.3 Å². The number of nitrogens with zero attached hydrogens (tertiary/aromatic N) is 2. The Balaban J connectivity index is 2.65. The summed E-state index contributed by atoms with van der Waals surface area (Å²) in [6, 6.07) is 5.34. The van der Waals surface area contributed by atoms with Crippen molar-refractivity contribution in [3.05, 3.63) is 36.0 Å². The van der Waals surface area contributed by atoms with Gasteiger partial charge in [-0.3, -0.25) is 4.68 Å². The number of hydrogen-bond donors (Lipinski definition) is 1. The molecule has 0 radical (unpaired) electrons. The number of aromatic nitrogens is 2. The van der Waals surface area contributed by atoms with E-state index in [1.165, 1.54) is 23.0 Å². The van der Waals surface area contributed by atoms with E-state index >= 15 is 0 Å². The zero-order chi connectivity index (χ0) is 13.3. The highest BCUT2D eigenvalue weighted by molar-refractivity contribution is 5.67. The number of aryl methyl sites for hydroxylation is 1. The highest BCUT2D eigenvalue weighted by Gasteiger charge is 2.34. The molecule has 96 valence electrons. The number of hydrogen-bond acceptors (Lipinski definition) is 2. The molecule has 2 N–H and O–H groups in total. The summed E-state index contributed by atoms with van der Waals surface area (Å²) in [6.45, 7) is 2.32. The lowest BCUT2D eigenvalue weighted by Crippen LogP contribution is -2.10. The minimum absolute atomic E-state index is 0.0913. The first-order chi connectivity index (χ1) is 8.43. The Kier molecular flexibility index (Phi) is 3.02. The summed E-state index contributed by atoms with van der Waals surface area (Å²) in [5.41, 5.74) is 5.31. The smallest absolute Gasteiger partial charge is 0.399 e. The van der Waals surface area contributed by atoms with Crippen molar-refractivity contribution in [2.24, 2.45) is 0 Å². The van der Waals surface area contributed by atoms with Crippen LogP contribution in [0.2, 0.25) is 0 Å². The molecular formula is C12H12F3N3. The summed E-state index contributed by atoms with van der Waals surface area (Å²) >= 11 is 0. The number of nitrogen functional groups attached to an aromatic ring is 1. The molecular weight excluding hydrogens is 243 g/mol. The Hall–Kier alpha value is -1.98. The van der Waals surface area contributed by atoms with Crippen LogP contribution < -0.4 is 5.73 Å². The maximum absolute atomic E-state index is 13.0. The first-order valence-corrected chi connectivity index (χ1v) is 5.42. The molecule has 2 aromatic rings. The van der Waals surface area contributed by atoms with Crippen molar-refractivity contribution in [1.82, 2.24) is 9.78 Å². The van der Waals surface area contributed by atoms with Crippen LogP contribution in [0.15, 0.2) is 30.5 Å². The summed E-state index contributed by atoms with van der Waals surface area (Å²) in [7, 11) is 0. The highest BCUT2D eigenvalue weighted by Crippen LogP contribution is 2.38. The van der Waals surface area contributed by atoms with Crippen LogP contribution >= 0.6 is 0 Å². The quantitative estimate of drug-likeness (QED) is 0.837. The summed E-state index contributed by atoms with van der Waals surface area (Å²) in [5.74, 6) is 0. The van der Waals surface area contributed by atoms with Gasteiger partial charge in [0, 0.05) is 24.0 Å². The third-order valence-corrected chi connectivity index (χ3v) is 2.64. The Morgan fingerprint density at radius 3 is 2.61 bits per heavy atom. The van der Waals surface area contributed by atoms with Gasteiger partial charge in [0.15, 0.2) is 0 Å². The maximum atomic E-state index is 13.0.